The van der Waals surface area contributed by atoms with Crippen LogP contribution in [-0.4, -0.2) is 35.6 Å². The van der Waals surface area contributed by atoms with E-state index < -0.39 is 0 Å². The molecule has 0 amide bonds. The molecule has 5 heteroatoms. The Hall–Kier alpha value is -1.43. The van der Waals surface area contributed by atoms with E-state index in [4.69, 9.17) is 0 Å². The number of thiazole rings is 1. The summed E-state index contributed by atoms with van der Waals surface area (Å²) in [5.74, 6) is 0. The quantitative estimate of drug-likeness (QED) is 0.906. The fraction of sp³-hybridized carbons (Fsp3) is 0.438. The minimum absolute atomic E-state index is 0.0405. The van der Waals surface area contributed by atoms with Crippen molar-refractivity contribution in [2.45, 2.75) is 25.4 Å². The van der Waals surface area contributed by atoms with Gasteiger partial charge in [-0.05, 0) is 31.5 Å². The third-order valence-corrected chi connectivity index (χ3v) is 4.57. The van der Waals surface area contributed by atoms with Crippen molar-refractivity contribution in [3.8, 4) is 0 Å². The Morgan fingerprint density at radius 2 is 2.14 bits per heavy atom. The lowest BCUT2D eigenvalue weighted by Gasteiger charge is -2.24. The van der Waals surface area contributed by atoms with Crippen LogP contribution in [0.4, 0.5) is 0 Å². The molecule has 1 unspecified atom stereocenters. The molecule has 2 N–H and O–H groups in total. The van der Waals surface area contributed by atoms with Crippen LogP contribution in [0.2, 0.25) is 0 Å². The van der Waals surface area contributed by atoms with Crippen molar-refractivity contribution in [2.24, 2.45) is 0 Å². The van der Waals surface area contributed by atoms with Gasteiger partial charge in [0.1, 0.15) is 0 Å². The van der Waals surface area contributed by atoms with Crippen LogP contribution in [0.5, 0.6) is 0 Å². The lowest BCUT2D eigenvalue weighted by atomic mass is 10.1. The standard InChI is InChI=1S/C16H21N3OS/c20-16-18-15(12-21-16)11-19-8-4-7-17-14(10-19)9-13-5-2-1-3-6-13/h1-3,5-6,12,14,17H,4,7-11H2,(H,18,20). The molecule has 0 radical (unpaired) electrons. The van der Waals surface area contributed by atoms with Gasteiger partial charge >= 0.3 is 4.87 Å². The predicted octanol–water partition coefficient (Wildman–Crippen LogP) is 1.84. The first-order valence-electron chi connectivity index (χ1n) is 7.46. The summed E-state index contributed by atoms with van der Waals surface area (Å²) in [6.07, 6.45) is 2.21. The molecule has 1 aliphatic heterocycles. The molecule has 1 aliphatic rings. The SMILES string of the molecule is O=c1[nH]c(CN2CCCNC(Cc3ccccc3)C2)cs1. The molecule has 1 fully saturated rings. The van der Waals surface area contributed by atoms with Gasteiger partial charge in [-0.15, -0.1) is 0 Å². The summed E-state index contributed by atoms with van der Waals surface area (Å²) in [7, 11) is 0. The third kappa shape index (κ3) is 4.27. The Bertz CT molecular complexity index is 607. The summed E-state index contributed by atoms with van der Waals surface area (Å²) in [4.78, 5) is 16.6. The van der Waals surface area contributed by atoms with E-state index in [0.717, 1.165) is 44.7 Å². The van der Waals surface area contributed by atoms with Crippen molar-refractivity contribution in [1.82, 2.24) is 15.2 Å². The zero-order chi connectivity index (χ0) is 14.5. The normalized spacial score (nSPS) is 20.3. The molecule has 0 aliphatic carbocycles. The number of hydrogen-bond donors (Lipinski definition) is 2. The molecule has 1 aromatic heterocycles. The number of nitrogens with one attached hydrogen (secondary N) is 2. The van der Waals surface area contributed by atoms with Crippen LogP contribution in [0.3, 0.4) is 0 Å². The highest BCUT2D eigenvalue weighted by Gasteiger charge is 2.18. The number of hydrogen-bond acceptors (Lipinski definition) is 4. The first kappa shape index (κ1) is 14.5. The average Bonchev–Trinajstić information content (AvgIpc) is 2.76. The first-order chi connectivity index (χ1) is 10.3. The number of H-pyrrole nitrogens is 1. The smallest absolute Gasteiger partial charge is 0.304 e. The van der Waals surface area contributed by atoms with E-state index in [-0.39, 0.29) is 4.87 Å². The van der Waals surface area contributed by atoms with Crippen molar-refractivity contribution in [3.05, 3.63) is 56.6 Å². The summed E-state index contributed by atoms with van der Waals surface area (Å²) in [5.41, 5.74) is 2.41. The van der Waals surface area contributed by atoms with Crippen molar-refractivity contribution in [1.29, 1.82) is 0 Å². The van der Waals surface area contributed by atoms with Gasteiger partial charge in [-0.2, -0.15) is 0 Å². The summed E-state index contributed by atoms with van der Waals surface area (Å²) in [5, 5.41) is 5.58. The Balaban J connectivity index is 1.62. The van der Waals surface area contributed by atoms with Crippen molar-refractivity contribution in [2.75, 3.05) is 19.6 Å². The van der Waals surface area contributed by atoms with Crippen LogP contribution in [0, 0.1) is 0 Å². The highest BCUT2D eigenvalue weighted by molar-refractivity contribution is 7.07. The number of aromatic nitrogens is 1. The van der Waals surface area contributed by atoms with Gasteiger partial charge in [0, 0.05) is 30.2 Å². The van der Waals surface area contributed by atoms with Gasteiger partial charge in [-0.1, -0.05) is 41.7 Å². The Kier molecular flexibility index (Phi) is 4.85. The number of benzene rings is 1. The van der Waals surface area contributed by atoms with Gasteiger partial charge in [0.15, 0.2) is 0 Å². The van der Waals surface area contributed by atoms with Crippen LogP contribution in [0.15, 0.2) is 40.5 Å². The minimum atomic E-state index is 0.0405. The summed E-state index contributed by atoms with van der Waals surface area (Å²) >= 11 is 1.25. The molecule has 1 aromatic carbocycles. The fourth-order valence-corrected chi connectivity index (χ4v) is 3.46. The lowest BCUT2D eigenvalue weighted by Crippen LogP contribution is -2.39. The second kappa shape index (κ2) is 7.02. The minimum Gasteiger partial charge on any atom is -0.315 e. The maximum atomic E-state index is 11.2. The van der Waals surface area contributed by atoms with Crippen molar-refractivity contribution >= 4 is 11.3 Å². The van der Waals surface area contributed by atoms with Gasteiger partial charge in [-0.25, -0.2) is 0 Å². The number of nitrogens with zero attached hydrogens (tertiary/aromatic N) is 1. The monoisotopic (exact) mass is 303 g/mol. The Labute approximate surface area is 128 Å². The van der Waals surface area contributed by atoms with Gasteiger partial charge in [0.25, 0.3) is 0 Å². The van der Waals surface area contributed by atoms with E-state index >= 15 is 0 Å². The topological polar surface area (TPSA) is 48.1 Å². The van der Waals surface area contributed by atoms with Gasteiger partial charge in [0.05, 0.1) is 0 Å². The second-order valence-electron chi connectivity index (χ2n) is 5.60. The van der Waals surface area contributed by atoms with Gasteiger partial charge in [-0.3, -0.25) is 9.69 Å². The van der Waals surface area contributed by atoms with Crippen LogP contribution in [-0.2, 0) is 13.0 Å². The number of aromatic amines is 1. The van der Waals surface area contributed by atoms with E-state index in [0.29, 0.717) is 6.04 Å². The van der Waals surface area contributed by atoms with Crippen LogP contribution in [0.25, 0.3) is 0 Å². The largest absolute Gasteiger partial charge is 0.315 e. The zero-order valence-corrected chi connectivity index (χ0v) is 12.9. The Morgan fingerprint density at radius 3 is 2.90 bits per heavy atom. The first-order valence-corrected chi connectivity index (χ1v) is 8.34. The van der Waals surface area contributed by atoms with Crippen molar-refractivity contribution < 1.29 is 0 Å². The molecule has 3 rings (SSSR count). The van der Waals surface area contributed by atoms with Crippen LogP contribution < -0.4 is 10.2 Å². The summed E-state index contributed by atoms with van der Waals surface area (Å²) in [6, 6.07) is 11.1. The van der Waals surface area contributed by atoms with E-state index in [1.54, 1.807) is 0 Å². The summed E-state index contributed by atoms with van der Waals surface area (Å²) < 4.78 is 0. The van der Waals surface area contributed by atoms with Crippen LogP contribution >= 0.6 is 11.3 Å². The molecular formula is C16H21N3OS. The molecular weight excluding hydrogens is 282 g/mol. The van der Waals surface area contributed by atoms with Crippen LogP contribution in [0.1, 0.15) is 17.7 Å². The summed E-state index contributed by atoms with van der Waals surface area (Å²) in [6.45, 7) is 4.00. The number of rotatable bonds is 4. The highest BCUT2D eigenvalue weighted by Crippen LogP contribution is 2.10. The predicted molar refractivity (Wildman–Crippen MR) is 86.8 cm³/mol. The average molecular weight is 303 g/mol. The van der Waals surface area contributed by atoms with E-state index in [1.165, 1.54) is 16.9 Å². The molecule has 4 nitrogen and oxygen atoms in total. The molecule has 2 aromatic rings. The molecule has 21 heavy (non-hydrogen) atoms. The maximum absolute atomic E-state index is 11.2. The van der Waals surface area contributed by atoms with E-state index in [1.807, 2.05) is 5.38 Å². The Morgan fingerprint density at radius 1 is 1.29 bits per heavy atom. The molecule has 0 bridgehead atoms. The van der Waals surface area contributed by atoms with Gasteiger partial charge < -0.3 is 10.3 Å². The molecule has 2 heterocycles. The molecule has 112 valence electrons. The fourth-order valence-electron chi connectivity index (χ4n) is 2.89. The maximum Gasteiger partial charge on any atom is 0.304 e. The highest BCUT2D eigenvalue weighted by atomic mass is 32.1. The molecule has 0 spiro atoms. The zero-order valence-electron chi connectivity index (χ0n) is 12.0. The van der Waals surface area contributed by atoms with E-state index in [9.17, 15) is 4.79 Å². The lowest BCUT2D eigenvalue weighted by molar-refractivity contribution is 0.256. The van der Waals surface area contributed by atoms with Gasteiger partial charge in [0.2, 0.25) is 0 Å². The van der Waals surface area contributed by atoms with Crippen molar-refractivity contribution in [3.63, 3.8) is 0 Å². The molecule has 1 atom stereocenters. The third-order valence-electron chi connectivity index (χ3n) is 3.85. The second-order valence-corrected chi connectivity index (χ2v) is 6.45. The molecule has 1 saturated heterocycles. The molecule has 0 saturated carbocycles. The van der Waals surface area contributed by atoms with E-state index in [2.05, 4.69) is 45.5 Å².